The Bertz CT molecular complexity index is 356. The summed E-state index contributed by atoms with van der Waals surface area (Å²) in [5, 5.41) is 2.94. The van der Waals surface area contributed by atoms with Gasteiger partial charge < -0.3 is 5.32 Å². The monoisotopic (exact) mass is 275 g/mol. The Hall–Kier alpha value is -0.420. The number of piperidine rings is 1. The quantitative estimate of drug-likeness (QED) is 0.765. The third kappa shape index (κ3) is 5.48. The Balaban J connectivity index is 2.21. The number of hydrogen-bond donors (Lipinski definition) is 1. The van der Waals surface area contributed by atoms with Crippen LogP contribution >= 0.6 is 0 Å². The molecule has 18 heavy (non-hydrogen) atoms. The van der Waals surface area contributed by atoms with E-state index in [1.54, 1.807) is 13.8 Å². The van der Waals surface area contributed by atoms with E-state index in [4.69, 9.17) is 0 Å². The van der Waals surface area contributed by atoms with E-state index in [0.717, 1.165) is 19.5 Å². The van der Waals surface area contributed by atoms with Gasteiger partial charge in [-0.25, -0.2) is 8.42 Å². The zero-order chi connectivity index (χ0) is 13.6. The summed E-state index contributed by atoms with van der Waals surface area (Å²) in [5.74, 6) is 0.682. The van der Waals surface area contributed by atoms with E-state index in [9.17, 15) is 13.2 Å². The number of hydrogen-bond acceptors (Lipinski definition) is 4. The third-order valence-corrected chi connectivity index (χ3v) is 5.82. The van der Waals surface area contributed by atoms with Crippen LogP contribution < -0.4 is 5.32 Å². The Morgan fingerprint density at radius 2 is 2.06 bits per heavy atom. The second-order valence-electron chi connectivity index (χ2n) is 5.46. The summed E-state index contributed by atoms with van der Waals surface area (Å²) in [5.41, 5.74) is 0. The maximum absolute atomic E-state index is 11.7. The summed E-state index contributed by atoms with van der Waals surface area (Å²) in [6.45, 7) is 5.40. The topological polar surface area (TPSA) is 63.2 Å². The van der Waals surface area contributed by atoms with Crippen molar-refractivity contribution >= 4 is 15.6 Å². The molecule has 5 heteroatoms. The van der Waals surface area contributed by atoms with Crippen molar-refractivity contribution in [1.82, 2.24) is 5.32 Å². The molecule has 1 aliphatic rings. The highest BCUT2D eigenvalue weighted by Crippen LogP contribution is 2.16. The van der Waals surface area contributed by atoms with Crippen molar-refractivity contribution in [1.29, 1.82) is 0 Å². The number of ketones is 1. The largest absolute Gasteiger partial charge is 0.316 e. The average Bonchev–Trinajstić information content (AvgIpc) is 2.35. The maximum atomic E-state index is 11.7. The van der Waals surface area contributed by atoms with Gasteiger partial charge in [0.05, 0.1) is 11.0 Å². The smallest absolute Gasteiger partial charge is 0.153 e. The molecule has 1 heterocycles. The molecular weight excluding hydrogens is 250 g/mol. The standard InChI is InChI=1S/C13H25NO3S/c1-11(2)18(16,17)9-7-13(15)6-5-12-4-3-8-14-10-12/h11-12,14H,3-10H2,1-2H3. The molecular formula is C13H25NO3S. The van der Waals surface area contributed by atoms with E-state index < -0.39 is 9.84 Å². The van der Waals surface area contributed by atoms with Crippen molar-refractivity contribution in [3.8, 4) is 0 Å². The van der Waals surface area contributed by atoms with Crippen molar-refractivity contribution in [3.63, 3.8) is 0 Å². The SMILES string of the molecule is CC(C)S(=O)(=O)CCC(=O)CCC1CCCNC1. The Morgan fingerprint density at radius 3 is 2.61 bits per heavy atom. The molecule has 0 radical (unpaired) electrons. The Labute approximate surface area is 110 Å². The lowest BCUT2D eigenvalue weighted by molar-refractivity contribution is -0.119. The van der Waals surface area contributed by atoms with Crippen molar-refractivity contribution in [3.05, 3.63) is 0 Å². The van der Waals surface area contributed by atoms with E-state index in [0.29, 0.717) is 12.3 Å². The minimum absolute atomic E-state index is 0.00637. The van der Waals surface area contributed by atoms with Crippen LogP contribution in [0.15, 0.2) is 0 Å². The lowest BCUT2D eigenvalue weighted by atomic mass is 9.93. The van der Waals surface area contributed by atoms with Gasteiger partial charge in [0.25, 0.3) is 0 Å². The highest BCUT2D eigenvalue weighted by Gasteiger charge is 2.19. The average molecular weight is 275 g/mol. The molecule has 1 saturated heterocycles. The number of nitrogens with one attached hydrogen (secondary N) is 1. The van der Waals surface area contributed by atoms with Gasteiger partial charge in [0.15, 0.2) is 9.84 Å². The molecule has 1 aliphatic heterocycles. The van der Waals surface area contributed by atoms with E-state index in [-0.39, 0.29) is 23.2 Å². The number of rotatable bonds is 7. The van der Waals surface area contributed by atoms with Gasteiger partial charge in [-0.15, -0.1) is 0 Å². The lowest BCUT2D eigenvalue weighted by Gasteiger charge is -2.22. The number of Topliss-reactive ketones (excluding diaryl/α,β-unsaturated/α-hetero) is 1. The van der Waals surface area contributed by atoms with Crippen molar-refractivity contribution < 1.29 is 13.2 Å². The molecule has 0 aliphatic carbocycles. The van der Waals surface area contributed by atoms with Gasteiger partial charge in [-0.3, -0.25) is 4.79 Å². The molecule has 1 N–H and O–H groups in total. The van der Waals surface area contributed by atoms with Crippen molar-refractivity contribution in [2.24, 2.45) is 5.92 Å². The molecule has 1 atom stereocenters. The number of carbonyl (C=O) groups is 1. The fourth-order valence-corrected chi connectivity index (χ4v) is 3.14. The van der Waals surface area contributed by atoms with Gasteiger partial charge in [0, 0.05) is 12.8 Å². The molecule has 1 rings (SSSR count). The third-order valence-electron chi connectivity index (χ3n) is 3.61. The van der Waals surface area contributed by atoms with Crippen LogP contribution in [0.3, 0.4) is 0 Å². The predicted octanol–water partition coefficient (Wildman–Crippen LogP) is 1.55. The van der Waals surface area contributed by atoms with Gasteiger partial charge in [-0.2, -0.15) is 0 Å². The molecule has 0 saturated carbocycles. The summed E-state index contributed by atoms with van der Waals surface area (Å²) in [7, 11) is -3.07. The fourth-order valence-electron chi connectivity index (χ4n) is 2.15. The highest BCUT2D eigenvalue weighted by molar-refractivity contribution is 7.91. The molecule has 1 fully saturated rings. The summed E-state index contributed by atoms with van der Waals surface area (Å²) in [4.78, 5) is 11.7. The molecule has 106 valence electrons. The minimum Gasteiger partial charge on any atom is -0.316 e. The van der Waals surface area contributed by atoms with E-state index in [1.807, 2.05) is 0 Å². The van der Waals surface area contributed by atoms with Crippen LogP contribution in [0, 0.1) is 5.92 Å². The van der Waals surface area contributed by atoms with Gasteiger partial charge in [0.1, 0.15) is 5.78 Å². The zero-order valence-electron chi connectivity index (χ0n) is 11.4. The fraction of sp³-hybridized carbons (Fsp3) is 0.923. The Kier molecular flexibility index (Phi) is 6.29. The first kappa shape index (κ1) is 15.6. The molecule has 0 aromatic carbocycles. The molecule has 0 bridgehead atoms. The van der Waals surface area contributed by atoms with Crippen LogP contribution in [0.1, 0.15) is 46.0 Å². The van der Waals surface area contributed by atoms with E-state index in [2.05, 4.69) is 5.32 Å². The molecule has 0 aromatic heterocycles. The molecule has 4 nitrogen and oxygen atoms in total. The molecule has 0 aromatic rings. The first-order valence-electron chi connectivity index (χ1n) is 6.86. The second-order valence-corrected chi connectivity index (χ2v) is 8.13. The van der Waals surface area contributed by atoms with Crippen molar-refractivity contribution in [2.75, 3.05) is 18.8 Å². The van der Waals surface area contributed by atoms with Gasteiger partial charge in [-0.05, 0) is 52.1 Å². The van der Waals surface area contributed by atoms with Crippen LogP contribution in [0.5, 0.6) is 0 Å². The van der Waals surface area contributed by atoms with Crippen molar-refractivity contribution in [2.45, 2.75) is 51.2 Å². The molecule has 1 unspecified atom stereocenters. The van der Waals surface area contributed by atoms with Gasteiger partial charge in [0.2, 0.25) is 0 Å². The van der Waals surface area contributed by atoms with Crippen LogP contribution in [0.25, 0.3) is 0 Å². The van der Waals surface area contributed by atoms with Gasteiger partial charge >= 0.3 is 0 Å². The summed E-state index contributed by atoms with van der Waals surface area (Å²) < 4.78 is 23.2. The van der Waals surface area contributed by atoms with Crippen LogP contribution in [-0.2, 0) is 14.6 Å². The molecule has 0 amide bonds. The number of carbonyl (C=O) groups excluding carboxylic acids is 1. The Morgan fingerprint density at radius 1 is 1.33 bits per heavy atom. The molecule has 0 spiro atoms. The normalized spacial score (nSPS) is 21.2. The zero-order valence-corrected chi connectivity index (χ0v) is 12.3. The second kappa shape index (κ2) is 7.24. The van der Waals surface area contributed by atoms with E-state index >= 15 is 0 Å². The van der Waals surface area contributed by atoms with Crippen LogP contribution in [-0.4, -0.2) is 38.3 Å². The summed E-state index contributed by atoms with van der Waals surface area (Å²) in [6, 6.07) is 0. The van der Waals surface area contributed by atoms with E-state index in [1.165, 1.54) is 12.8 Å². The first-order chi connectivity index (χ1) is 8.42. The number of sulfone groups is 1. The summed E-state index contributed by atoms with van der Waals surface area (Å²) >= 11 is 0. The first-order valence-corrected chi connectivity index (χ1v) is 8.57. The van der Waals surface area contributed by atoms with Crippen LogP contribution in [0.2, 0.25) is 0 Å². The minimum atomic E-state index is -3.07. The maximum Gasteiger partial charge on any atom is 0.153 e. The highest BCUT2D eigenvalue weighted by atomic mass is 32.2. The van der Waals surface area contributed by atoms with Gasteiger partial charge in [-0.1, -0.05) is 0 Å². The predicted molar refractivity (Wildman–Crippen MR) is 73.4 cm³/mol. The van der Waals surface area contributed by atoms with Crippen LogP contribution in [0.4, 0.5) is 0 Å². The summed E-state index contributed by atoms with van der Waals surface area (Å²) in [6.07, 6.45) is 3.97. The lowest BCUT2D eigenvalue weighted by Crippen LogP contribution is -2.30.